The highest BCUT2D eigenvalue weighted by Gasteiger charge is 2.21. The fourth-order valence-corrected chi connectivity index (χ4v) is 3.92. The first-order chi connectivity index (χ1) is 13.8. The van der Waals surface area contributed by atoms with Gasteiger partial charge in [0.05, 0.1) is 11.4 Å². The first-order valence-electron chi connectivity index (χ1n) is 10.0. The van der Waals surface area contributed by atoms with Crippen LogP contribution in [0.25, 0.3) is 0 Å². The molecule has 2 rings (SSSR count). The molecular formula is C23H32N3O2S+. The predicted molar refractivity (Wildman–Crippen MR) is 120 cm³/mol. The number of amides is 2. The first kappa shape index (κ1) is 23.0. The van der Waals surface area contributed by atoms with Crippen LogP contribution in [0, 0.1) is 5.92 Å². The summed E-state index contributed by atoms with van der Waals surface area (Å²) >= 11 is 1.33. The van der Waals surface area contributed by atoms with E-state index < -0.39 is 0 Å². The van der Waals surface area contributed by atoms with Crippen LogP contribution in [0.4, 0.5) is 5.69 Å². The Morgan fingerprint density at radius 1 is 1.00 bits per heavy atom. The molecule has 29 heavy (non-hydrogen) atoms. The summed E-state index contributed by atoms with van der Waals surface area (Å²) in [5.74, 6) is 0.630. The highest BCUT2D eigenvalue weighted by Crippen LogP contribution is 2.26. The number of thioether (sulfide) groups is 1. The maximum Gasteiger partial charge on any atom is 0.279 e. The number of benzene rings is 2. The molecule has 0 radical (unpaired) electrons. The van der Waals surface area contributed by atoms with Crippen molar-refractivity contribution < 1.29 is 14.9 Å². The van der Waals surface area contributed by atoms with E-state index in [9.17, 15) is 9.59 Å². The van der Waals surface area contributed by atoms with Gasteiger partial charge in [-0.2, -0.15) is 0 Å². The molecule has 2 aromatic carbocycles. The largest absolute Gasteiger partial charge is 0.369 e. The number of rotatable bonds is 10. The Balaban J connectivity index is 2.00. The Morgan fingerprint density at radius 3 is 2.21 bits per heavy atom. The molecule has 0 aliphatic rings. The molecule has 0 bridgehead atoms. The SMILES string of the molecule is CC(C)c1ccc([C@H]([NH2+]CC(=O)Nc2ccccc2SCC(N)=O)C(C)C)cc1. The lowest BCUT2D eigenvalue weighted by molar-refractivity contribution is -0.692. The summed E-state index contributed by atoms with van der Waals surface area (Å²) in [7, 11) is 0. The van der Waals surface area contributed by atoms with E-state index in [4.69, 9.17) is 5.73 Å². The van der Waals surface area contributed by atoms with Crippen molar-refractivity contribution >= 4 is 29.3 Å². The predicted octanol–water partition coefficient (Wildman–Crippen LogP) is 3.29. The standard InChI is InChI=1S/C23H31N3O2S/c1-15(2)17-9-11-18(12-10-17)23(16(3)4)25-13-22(28)26-19-7-5-6-8-20(19)29-14-21(24)27/h5-12,15-16,23,25H,13-14H2,1-4H3,(H2,24,27)(H,26,28)/p+1/t23-/m1/s1. The summed E-state index contributed by atoms with van der Waals surface area (Å²) in [6.07, 6.45) is 0. The maximum atomic E-state index is 12.6. The van der Waals surface area contributed by atoms with Crippen molar-refractivity contribution in [1.29, 1.82) is 0 Å². The van der Waals surface area contributed by atoms with Gasteiger partial charge in [-0.15, -0.1) is 11.8 Å². The van der Waals surface area contributed by atoms with Crippen molar-refractivity contribution in [3.8, 4) is 0 Å². The summed E-state index contributed by atoms with van der Waals surface area (Å²) < 4.78 is 0. The van der Waals surface area contributed by atoms with Crippen LogP contribution >= 0.6 is 11.8 Å². The summed E-state index contributed by atoms with van der Waals surface area (Å²) in [6, 6.07) is 16.4. The Labute approximate surface area is 177 Å². The second-order valence-electron chi connectivity index (χ2n) is 7.83. The van der Waals surface area contributed by atoms with E-state index in [1.54, 1.807) is 0 Å². The van der Waals surface area contributed by atoms with Crippen LogP contribution in [-0.2, 0) is 9.59 Å². The molecule has 0 heterocycles. The van der Waals surface area contributed by atoms with Gasteiger partial charge < -0.3 is 16.4 Å². The van der Waals surface area contributed by atoms with Gasteiger partial charge in [-0.25, -0.2) is 0 Å². The van der Waals surface area contributed by atoms with Crippen molar-refractivity contribution in [2.45, 2.75) is 44.6 Å². The second-order valence-corrected chi connectivity index (χ2v) is 8.85. The molecule has 2 amide bonds. The van der Waals surface area contributed by atoms with Crippen LogP contribution in [0.1, 0.15) is 50.8 Å². The van der Waals surface area contributed by atoms with E-state index in [-0.39, 0.29) is 23.6 Å². The highest BCUT2D eigenvalue weighted by atomic mass is 32.2. The number of anilines is 1. The maximum absolute atomic E-state index is 12.6. The second kappa shape index (κ2) is 11.0. The monoisotopic (exact) mass is 414 g/mol. The molecule has 0 fully saturated rings. The Kier molecular flexibility index (Phi) is 8.73. The van der Waals surface area contributed by atoms with Gasteiger partial charge in [0.15, 0.2) is 6.54 Å². The van der Waals surface area contributed by atoms with Gasteiger partial charge in [0, 0.05) is 16.4 Å². The Bertz CT molecular complexity index is 819. The normalized spacial score (nSPS) is 12.2. The topological polar surface area (TPSA) is 88.8 Å². The number of nitrogens with one attached hydrogen (secondary N) is 1. The quantitative estimate of drug-likeness (QED) is 0.521. The molecule has 2 aromatic rings. The zero-order valence-electron chi connectivity index (χ0n) is 17.6. The van der Waals surface area contributed by atoms with E-state index >= 15 is 0 Å². The molecule has 0 saturated carbocycles. The summed E-state index contributed by atoms with van der Waals surface area (Å²) in [4.78, 5) is 24.4. The van der Waals surface area contributed by atoms with E-state index in [0.717, 1.165) is 4.90 Å². The minimum atomic E-state index is -0.382. The van der Waals surface area contributed by atoms with Crippen molar-refractivity contribution in [2.24, 2.45) is 11.7 Å². The molecular weight excluding hydrogens is 382 g/mol. The Hall–Kier alpha value is -2.31. The van der Waals surface area contributed by atoms with Gasteiger partial charge in [-0.3, -0.25) is 9.59 Å². The lowest BCUT2D eigenvalue weighted by Crippen LogP contribution is -2.88. The van der Waals surface area contributed by atoms with E-state index in [1.165, 1.54) is 22.9 Å². The molecule has 0 aliphatic heterocycles. The fraction of sp³-hybridized carbons (Fsp3) is 0.391. The third-order valence-electron chi connectivity index (χ3n) is 4.79. The van der Waals surface area contributed by atoms with Crippen molar-refractivity contribution in [3.63, 3.8) is 0 Å². The molecule has 6 heteroatoms. The van der Waals surface area contributed by atoms with Crippen molar-refractivity contribution in [2.75, 3.05) is 17.6 Å². The van der Waals surface area contributed by atoms with Crippen LogP contribution < -0.4 is 16.4 Å². The first-order valence-corrected chi connectivity index (χ1v) is 11.0. The number of hydrogen-bond donors (Lipinski definition) is 3. The van der Waals surface area contributed by atoms with E-state index in [0.29, 0.717) is 24.1 Å². The zero-order chi connectivity index (χ0) is 21.4. The number of quaternary nitrogens is 1. The fourth-order valence-electron chi connectivity index (χ4n) is 3.18. The summed E-state index contributed by atoms with van der Waals surface area (Å²) in [5.41, 5.74) is 8.49. The van der Waals surface area contributed by atoms with Crippen LogP contribution in [0.2, 0.25) is 0 Å². The van der Waals surface area contributed by atoms with Crippen LogP contribution in [0.5, 0.6) is 0 Å². The summed E-state index contributed by atoms with van der Waals surface area (Å²) in [6.45, 7) is 9.04. The van der Waals surface area contributed by atoms with Crippen LogP contribution in [0.3, 0.4) is 0 Å². The molecule has 5 N–H and O–H groups in total. The third-order valence-corrected chi connectivity index (χ3v) is 5.89. The number of primary amides is 1. The number of hydrogen-bond acceptors (Lipinski definition) is 3. The average Bonchev–Trinajstić information content (AvgIpc) is 2.67. The van der Waals surface area contributed by atoms with E-state index in [2.05, 4.69) is 62.6 Å². The van der Waals surface area contributed by atoms with Gasteiger partial charge in [0.25, 0.3) is 5.91 Å². The minimum absolute atomic E-state index is 0.0680. The smallest absolute Gasteiger partial charge is 0.279 e. The molecule has 1 atom stereocenters. The van der Waals surface area contributed by atoms with Crippen LogP contribution in [0.15, 0.2) is 53.4 Å². The molecule has 0 spiro atoms. The Morgan fingerprint density at radius 2 is 1.62 bits per heavy atom. The zero-order valence-corrected chi connectivity index (χ0v) is 18.5. The lowest BCUT2D eigenvalue weighted by Gasteiger charge is -2.20. The third kappa shape index (κ3) is 7.22. The molecule has 0 saturated heterocycles. The average molecular weight is 415 g/mol. The van der Waals surface area contributed by atoms with Gasteiger partial charge in [-0.1, -0.05) is 64.1 Å². The number of para-hydroxylation sites is 1. The van der Waals surface area contributed by atoms with Gasteiger partial charge in [0.2, 0.25) is 5.91 Å². The number of carbonyl (C=O) groups is 2. The number of carbonyl (C=O) groups excluding carboxylic acids is 2. The van der Waals surface area contributed by atoms with Gasteiger partial charge in [0.1, 0.15) is 6.04 Å². The van der Waals surface area contributed by atoms with Crippen molar-refractivity contribution in [1.82, 2.24) is 0 Å². The molecule has 156 valence electrons. The highest BCUT2D eigenvalue weighted by molar-refractivity contribution is 8.00. The van der Waals surface area contributed by atoms with Gasteiger partial charge >= 0.3 is 0 Å². The summed E-state index contributed by atoms with van der Waals surface area (Å²) in [5, 5.41) is 5.05. The van der Waals surface area contributed by atoms with Gasteiger partial charge in [-0.05, 0) is 23.6 Å². The molecule has 0 unspecified atom stereocenters. The molecule has 0 aromatic heterocycles. The minimum Gasteiger partial charge on any atom is -0.369 e. The molecule has 0 aliphatic carbocycles. The van der Waals surface area contributed by atoms with Crippen molar-refractivity contribution in [3.05, 3.63) is 59.7 Å². The lowest BCUT2D eigenvalue weighted by atomic mass is 9.93. The molecule has 5 nitrogen and oxygen atoms in total. The number of nitrogens with two attached hydrogens (primary N) is 2. The van der Waals surface area contributed by atoms with E-state index in [1.807, 2.05) is 24.3 Å². The van der Waals surface area contributed by atoms with Crippen LogP contribution in [-0.4, -0.2) is 24.1 Å².